The SMILES string of the molecule is CC(C)=CCC[C@]1(C)C/C(=C(/Cl)CN=C(Cl)Cl)CC(O)[C@H]1Cl. The molecule has 1 rings (SSSR count). The van der Waals surface area contributed by atoms with Crippen molar-refractivity contribution in [3.05, 3.63) is 22.3 Å². The number of aliphatic hydroxyl groups excluding tert-OH is 1. The van der Waals surface area contributed by atoms with E-state index in [1.807, 2.05) is 0 Å². The summed E-state index contributed by atoms with van der Waals surface area (Å²) in [5.74, 6) is 0. The molecule has 1 aliphatic carbocycles. The lowest BCUT2D eigenvalue weighted by Gasteiger charge is -2.42. The predicted octanol–water partition coefficient (Wildman–Crippen LogP) is 5.83. The smallest absolute Gasteiger partial charge is 0.192 e. The third-order valence-corrected chi connectivity index (χ3v) is 5.51. The van der Waals surface area contributed by atoms with Gasteiger partial charge in [0, 0.05) is 5.03 Å². The van der Waals surface area contributed by atoms with Gasteiger partial charge in [-0.05, 0) is 68.1 Å². The lowest BCUT2D eigenvalue weighted by molar-refractivity contribution is 0.0824. The van der Waals surface area contributed by atoms with Crippen LogP contribution in [-0.4, -0.2) is 27.8 Å². The van der Waals surface area contributed by atoms with Gasteiger partial charge in [-0.25, -0.2) is 0 Å². The summed E-state index contributed by atoms with van der Waals surface area (Å²) < 4.78 is -0.0448. The van der Waals surface area contributed by atoms with Crippen molar-refractivity contribution in [1.82, 2.24) is 0 Å². The fraction of sp³-hybridized carbons (Fsp3) is 0.688. The molecule has 0 aliphatic heterocycles. The molecule has 1 fully saturated rings. The number of hydrogen-bond acceptors (Lipinski definition) is 2. The standard InChI is InChI=1S/C16H23Cl4NO/c1-10(2)5-4-6-16(3)8-11(7-13(22)14(16)18)12(17)9-21-15(19)20/h5,13-14,22H,4,6-9H2,1-3H3/b12-11+/t13?,14-,16-/m1/s1. The van der Waals surface area contributed by atoms with Crippen LogP contribution in [0.5, 0.6) is 0 Å². The second-order valence-corrected chi connectivity index (χ2v) is 8.23. The highest BCUT2D eigenvalue weighted by Gasteiger charge is 2.42. The molecule has 0 aromatic heterocycles. The van der Waals surface area contributed by atoms with E-state index in [9.17, 15) is 5.11 Å². The first-order valence-corrected chi connectivity index (χ1v) is 8.90. The summed E-state index contributed by atoms with van der Waals surface area (Å²) in [5.41, 5.74) is 2.07. The highest BCUT2D eigenvalue weighted by atomic mass is 35.5. The molecule has 6 heteroatoms. The second kappa shape index (κ2) is 8.94. The number of allylic oxidation sites excluding steroid dienone is 2. The number of hydrogen-bond donors (Lipinski definition) is 1. The summed E-state index contributed by atoms with van der Waals surface area (Å²) in [7, 11) is 0. The van der Waals surface area contributed by atoms with Crippen molar-refractivity contribution in [3.63, 3.8) is 0 Å². The van der Waals surface area contributed by atoms with Crippen molar-refractivity contribution >= 4 is 51.0 Å². The molecule has 126 valence electrons. The number of aliphatic imine (C=N–C) groups is 1. The summed E-state index contributed by atoms with van der Waals surface area (Å²) in [6, 6.07) is 0. The first kappa shape index (κ1) is 20.3. The number of alkyl halides is 1. The highest BCUT2D eigenvalue weighted by Crippen LogP contribution is 2.46. The van der Waals surface area contributed by atoms with Crippen molar-refractivity contribution in [2.24, 2.45) is 10.4 Å². The Bertz CT molecular complexity index is 479. The fourth-order valence-corrected chi connectivity index (χ4v) is 3.44. The Balaban J connectivity index is 2.91. The van der Waals surface area contributed by atoms with Crippen LogP contribution in [0.2, 0.25) is 0 Å². The van der Waals surface area contributed by atoms with Crippen LogP contribution in [0.4, 0.5) is 0 Å². The maximum absolute atomic E-state index is 10.3. The van der Waals surface area contributed by atoms with E-state index in [0.29, 0.717) is 11.5 Å². The molecule has 2 nitrogen and oxygen atoms in total. The monoisotopic (exact) mass is 385 g/mol. The average Bonchev–Trinajstić information content (AvgIpc) is 2.41. The molecular formula is C16H23Cl4NO. The van der Waals surface area contributed by atoms with Gasteiger partial charge in [-0.1, -0.05) is 35.7 Å². The Morgan fingerprint density at radius 2 is 2.00 bits per heavy atom. The molecule has 0 heterocycles. The van der Waals surface area contributed by atoms with E-state index in [0.717, 1.165) is 24.8 Å². The molecule has 3 atom stereocenters. The van der Waals surface area contributed by atoms with Crippen LogP contribution in [0, 0.1) is 5.41 Å². The largest absolute Gasteiger partial charge is 0.391 e. The zero-order chi connectivity index (χ0) is 16.9. The van der Waals surface area contributed by atoms with E-state index < -0.39 is 6.10 Å². The second-order valence-electron chi connectivity index (χ2n) is 6.39. The zero-order valence-corrected chi connectivity index (χ0v) is 16.2. The zero-order valence-electron chi connectivity index (χ0n) is 13.2. The first-order valence-electron chi connectivity index (χ1n) is 7.33. The Labute approximate surface area is 153 Å². The topological polar surface area (TPSA) is 32.6 Å². The lowest BCUT2D eigenvalue weighted by Crippen LogP contribution is -2.42. The number of rotatable bonds is 5. The number of aliphatic hydroxyl groups is 1. The predicted molar refractivity (Wildman–Crippen MR) is 98.5 cm³/mol. The van der Waals surface area contributed by atoms with Crippen molar-refractivity contribution in [2.75, 3.05) is 6.54 Å². The highest BCUT2D eigenvalue weighted by molar-refractivity contribution is 6.95. The first-order chi connectivity index (χ1) is 10.2. The molecule has 0 amide bonds. The van der Waals surface area contributed by atoms with E-state index in [1.165, 1.54) is 5.57 Å². The molecule has 0 spiro atoms. The molecule has 0 radical (unpaired) electrons. The average molecular weight is 387 g/mol. The molecule has 0 bridgehead atoms. The Kier molecular flexibility index (Phi) is 8.25. The van der Waals surface area contributed by atoms with Crippen LogP contribution in [0.15, 0.2) is 27.2 Å². The van der Waals surface area contributed by atoms with Crippen LogP contribution in [-0.2, 0) is 0 Å². The summed E-state index contributed by atoms with van der Waals surface area (Å²) in [5, 5.41) is 10.6. The Morgan fingerprint density at radius 1 is 1.36 bits per heavy atom. The van der Waals surface area contributed by atoms with Gasteiger partial charge in [-0.2, -0.15) is 0 Å². The van der Waals surface area contributed by atoms with Crippen molar-refractivity contribution in [1.29, 1.82) is 0 Å². The van der Waals surface area contributed by atoms with Crippen LogP contribution in [0.3, 0.4) is 0 Å². The van der Waals surface area contributed by atoms with Gasteiger partial charge in [0.25, 0.3) is 0 Å². The molecular weight excluding hydrogens is 364 g/mol. The molecule has 1 unspecified atom stereocenters. The molecule has 1 aliphatic rings. The molecule has 0 aromatic carbocycles. The van der Waals surface area contributed by atoms with E-state index in [1.54, 1.807) is 0 Å². The van der Waals surface area contributed by atoms with Gasteiger partial charge >= 0.3 is 0 Å². The number of halogens is 4. The van der Waals surface area contributed by atoms with Crippen LogP contribution >= 0.6 is 46.4 Å². The van der Waals surface area contributed by atoms with E-state index in [4.69, 9.17) is 46.4 Å². The summed E-state index contributed by atoms with van der Waals surface area (Å²) in [6.07, 6.45) is 4.65. The van der Waals surface area contributed by atoms with Crippen LogP contribution < -0.4 is 0 Å². The van der Waals surface area contributed by atoms with Gasteiger partial charge in [0.1, 0.15) is 0 Å². The quantitative estimate of drug-likeness (QED) is 0.360. The minimum Gasteiger partial charge on any atom is -0.391 e. The minimum absolute atomic E-state index is 0.0448. The minimum atomic E-state index is -0.605. The summed E-state index contributed by atoms with van der Waals surface area (Å²) >= 11 is 23.8. The molecule has 1 saturated carbocycles. The van der Waals surface area contributed by atoms with Crippen molar-refractivity contribution < 1.29 is 5.11 Å². The lowest BCUT2D eigenvalue weighted by atomic mass is 9.69. The Hall–Kier alpha value is 0.270. The van der Waals surface area contributed by atoms with Gasteiger partial charge in [-0.3, -0.25) is 4.99 Å². The third kappa shape index (κ3) is 6.05. The van der Waals surface area contributed by atoms with Crippen LogP contribution in [0.1, 0.15) is 46.5 Å². The van der Waals surface area contributed by atoms with Gasteiger partial charge in [0.2, 0.25) is 0 Å². The molecule has 22 heavy (non-hydrogen) atoms. The summed E-state index contributed by atoms with van der Waals surface area (Å²) in [4.78, 5) is 3.91. The van der Waals surface area contributed by atoms with Crippen molar-refractivity contribution in [3.8, 4) is 0 Å². The van der Waals surface area contributed by atoms with E-state index in [2.05, 4.69) is 31.8 Å². The third-order valence-electron chi connectivity index (χ3n) is 4.07. The maximum atomic E-state index is 10.3. The summed E-state index contributed by atoms with van der Waals surface area (Å²) in [6.45, 7) is 6.50. The number of nitrogens with zero attached hydrogens (tertiary/aromatic N) is 1. The maximum Gasteiger partial charge on any atom is 0.192 e. The molecule has 1 N–H and O–H groups in total. The molecule has 0 saturated heterocycles. The van der Waals surface area contributed by atoms with E-state index in [-0.39, 0.29) is 22.0 Å². The Morgan fingerprint density at radius 3 is 2.55 bits per heavy atom. The van der Waals surface area contributed by atoms with Crippen LogP contribution in [0.25, 0.3) is 0 Å². The normalized spacial score (nSPS) is 30.7. The van der Waals surface area contributed by atoms with E-state index >= 15 is 0 Å². The van der Waals surface area contributed by atoms with Gasteiger partial charge < -0.3 is 5.11 Å². The molecule has 0 aromatic rings. The van der Waals surface area contributed by atoms with Gasteiger partial charge in [0.15, 0.2) is 4.63 Å². The van der Waals surface area contributed by atoms with Gasteiger partial charge in [0.05, 0.1) is 18.0 Å². The fourth-order valence-electron chi connectivity index (χ4n) is 2.84. The van der Waals surface area contributed by atoms with Crippen molar-refractivity contribution in [2.45, 2.75) is 57.9 Å². The van der Waals surface area contributed by atoms with Gasteiger partial charge in [-0.15, -0.1) is 11.6 Å².